The summed E-state index contributed by atoms with van der Waals surface area (Å²) in [6.07, 6.45) is -4.03. The zero-order valence-electron chi connectivity index (χ0n) is 11.4. The highest BCUT2D eigenvalue weighted by Crippen LogP contribution is 2.32. The van der Waals surface area contributed by atoms with E-state index in [9.17, 15) is 17.6 Å². The molecule has 0 atom stereocenters. The van der Waals surface area contributed by atoms with Crippen molar-refractivity contribution in [2.75, 3.05) is 12.4 Å². The minimum absolute atomic E-state index is 0.00544. The Morgan fingerprint density at radius 2 is 1.81 bits per heavy atom. The third-order valence-electron chi connectivity index (χ3n) is 2.88. The summed E-state index contributed by atoms with van der Waals surface area (Å²) < 4.78 is 51.6. The Kier molecular flexibility index (Phi) is 4.11. The number of hydrogen-bond donors (Lipinski definition) is 1. The quantitative estimate of drug-likeness (QED) is 0.873. The first-order chi connectivity index (χ1) is 9.83. The molecule has 7 heteroatoms. The van der Waals surface area contributed by atoms with Gasteiger partial charge in [-0.15, -0.1) is 0 Å². The molecule has 0 radical (unpaired) electrons. The molecule has 1 heterocycles. The molecule has 0 fully saturated rings. The lowest BCUT2D eigenvalue weighted by molar-refractivity contribution is -0.137. The van der Waals surface area contributed by atoms with Gasteiger partial charge in [0.2, 0.25) is 0 Å². The molecular formula is C14H13F4N3. The molecule has 1 aromatic heterocycles. The van der Waals surface area contributed by atoms with E-state index < -0.39 is 17.6 Å². The molecule has 1 N–H and O–H groups in total. The monoisotopic (exact) mass is 299 g/mol. The number of anilines is 1. The average molecular weight is 299 g/mol. The van der Waals surface area contributed by atoms with E-state index in [1.807, 2.05) is 6.92 Å². The van der Waals surface area contributed by atoms with Crippen LogP contribution in [0.15, 0.2) is 24.3 Å². The van der Waals surface area contributed by atoms with Gasteiger partial charge < -0.3 is 5.32 Å². The summed E-state index contributed by atoms with van der Waals surface area (Å²) in [4.78, 5) is 8.23. The van der Waals surface area contributed by atoms with Crippen LogP contribution in [0, 0.1) is 5.82 Å². The summed E-state index contributed by atoms with van der Waals surface area (Å²) in [5, 5.41) is 2.80. The number of nitrogens with zero attached hydrogens (tertiary/aromatic N) is 2. The lowest BCUT2D eigenvalue weighted by Gasteiger charge is -2.10. The van der Waals surface area contributed by atoms with Gasteiger partial charge in [0.25, 0.3) is 0 Å². The molecule has 1 aromatic carbocycles. The van der Waals surface area contributed by atoms with Crippen LogP contribution in [0.25, 0.3) is 11.4 Å². The molecule has 21 heavy (non-hydrogen) atoms. The Morgan fingerprint density at radius 1 is 1.10 bits per heavy atom. The second kappa shape index (κ2) is 5.67. The van der Waals surface area contributed by atoms with Crippen LogP contribution in [-0.4, -0.2) is 17.0 Å². The van der Waals surface area contributed by atoms with Gasteiger partial charge in [-0.2, -0.15) is 13.2 Å². The van der Waals surface area contributed by atoms with E-state index in [2.05, 4.69) is 15.3 Å². The summed E-state index contributed by atoms with van der Waals surface area (Å²) in [5.74, 6) is -0.449. The molecule has 0 aliphatic rings. The fraction of sp³-hybridized carbons (Fsp3) is 0.286. The number of benzene rings is 1. The number of hydrogen-bond acceptors (Lipinski definition) is 3. The second-order valence-electron chi connectivity index (χ2n) is 4.40. The van der Waals surface area contributed by atoms with Crippen molar-refractivity contribution in [3.05, 3.63) is 41.3 Å². The number of aryl methyl sites for hydroxylation is 1. The summed E-state index contributed by atoms with van der Waals surface area (Å²) in [5.41, 5.74) is -0.412. The largest absolute Gasteiger partial charge is 0.416 e. The SMILES string of the molecule is CCc1cc(NC)nc(-c2cc(F)cc(C(F)(F)F)c2)n1. The molecule has 0 amide bonds. The maximum Gasteiger partial charge on any atom is 0.416 e. The van der Waals surface area contributed by atoms with Crippen LogP contribution in [0.5, 0.6) is 0 Å². The van der Waals surface area contributed by atoms with E-state index in [4.69, 9.17) is 0 Å². The molecule has 2 rings (SSSR count). The molecular weight excluding hydrogens is 286 g/mol. The van der Waals surface area contributed by atoms with Crippen molar-refractivity contribution in [2.45, 2.75) is 19.5 Å². The molecule has 0 spiro atoms. The standard InChI is InChI=1S/C14H13F4N3/c1-3-11-7-12(19-2)21-13(20-11)8-4-9(14(16,17)18)6-10(15)5-8/h4-7H,3H2,1-2H3,(H,19,20,21). The van der Waals surface area contributed by atoms with Crippen molar-refractivity contribution in [3.8, 4) is 11.4 Å². The maximum absolute atomic E-state index is 13.4. The number of rotatable bonds is 3. The van der Waals surface area contributed by atoms with Gasteiger partial charge in [-0.05, 0) is 24.6 Å². The first-order valence-corrected chi connectivity index (χ1v) is 6.27. The van der Waals surface area contributed by atoms with Crippen molar-refractivity contribution in [1.82, 2.24) is 9.97 Å². The Hall–Kier alpha value is -2.18. The highest BCUT2D eigenvalue weighted by atomic mass is 19.4. The third-order valence-corrected chi connectivity index (χ3v) is 2.88. The Labute approximate surface area is 119 Å². The van der Waals surface area contributed by atoms with Crippen molar-refractivity contribution in [1.29, 1.82) is 0 Å². The van der Waals surface area contributed by atoms with Crippen LogP contribution < -0.4 is 5.32 Å². The van der Waals surface area contributed by atoms with Gasteiger partial charge in [0.15, 0.2) is 5.82 Å². The smallest absolute Gasteiger partial charge is 0.373 e. The fourth-order valence-corrected chi connectivity index (χ4v) is 1.82. The number of halogens is 4. The molecule has 0 saturated carbocycles. The van der Waals surface area contributed by atoms with E-state index in [1.54, 1.807) is 13.1 Å². The number of nitrogens with one attached hydrogen (secondary N) is 1. The van der Waals surface area contributed by atoms with Crippen LogP contribution in [0.1, 0.15) is 18.2 Å². The fourth-order valence-electron chi connectivity index (χ4n) is 1.82. The van der Waals surface area contributed by atoms with Crippen molar-refractivity contribution in [2.24, 2.45) is 0 Å². The normalized spacial score (nSPS) is 11.5. The van der Waals surface area contributed by atoms with Crippen molar-refractivity contribution in [3.63, 3.8) is 0 Å². The maximum atomic E-state index is 13.4. The third kappa shape index (κ3) is 3.48. The molecule has 0 aliphatic heterocycles. The van der Waals surface area contributed by atoms with Gasteiger partial charge in [-0.1, -0.05) is 6.92 Å². The van der Waals surface area contributed by atoms with Gasteiger partial charge in [0, 0.05) is 24.4 Å². The topological polar surface area (TPSA) is 37.8 Å². The zero-order chi connectivity index (χ0) is 15.6. The summed E-state index contributed by atoms with van der Waals surface area (Å²) >= 11 is 0. The van der Waals surface area contributed by atoms with Gasteiger partial charge in [-0.25, -0.2) is 14.4 Å². The van der Waals surface area contributed by atoms with Crippen LogP contribution in [0.4, 0.5) is 23.4 Å². The van der Waals surface area contributed by atoms with Gasteiger partial charge in [-0.3, -0.25) is 0 Å². The predicted octanol–water partition coefficient (Wildman–Crippen LogP) is 3.91. The molecule has 2 aromatic rings. The summed E-state index contributed by atoms with van der Waals surface area (Å²) in [6, 6.07) is 3.97. The zero-order valence-corrected chi connectivity index (χ0v) is 11.4. The Bertz CT molecular complexity index is 631. The number of alkyl halides is 3. The Morgan fingerprint density at radius 3 is 2.38 bits per heavy atom. The first kappa shape index (κ1) is 15.2. The average Bonchev–Trinajstić information content (AvgIpc) is 2.45. The highest BCUT2D eigenvalue weighted by molar-refractivity contribution is 5.59. The number of aromatic nitrogens is 2. The van der Waals surface area contributed by atoms with E-state index in [0.29, 0.717) is 24.0 Å². The molecule has 112 valence electrons. The summed E-state index contributed by atoms with van der Waals surface area (Å²) in [6.45, 7) is 1.86. The minimum atomic E-state index is -4.62. The van der Waals surface area contributed by atoms with Gasteiger partial charge in [0.05, 0.1) is 5.56 Å². The van der Waals surface area contributed by atoms with Crippen LogP contribution in [0.2, 0.25) is 0 Å². The van der Waals surface area contributed by atoms with Gasteiger partial charge >= 0.3 is 6.18 Å². The van der Waals surface area contributed by atoms with E-state index in [1.165, 1.54) is 0 Å². The lowest BCUT2D eigenvalue weighted by Crippen LogP contribution is -2.06. The lowest BCUT2D eigenvalue weighted by atomic mass is 10.1. The minimum Gasteiger partial charge on any atom is -0.373 e. The molecule has 0 bridgehead atoms. The van der Waals surface area contributed by atoms with Gasteiger partial charge in [0.1, 0.15) is 11.6 Å². The summed E-state index contributed by atoms with van der Waals surface area (Å²) in [7, 11) is 1.64. The molecule has 0 aliphatic carbocycles. The predicted molar refractivity (Wildman–Crippen MR) is 71.4 cm³/mol. The Balaban J connectivity index is 2.58. The van der Waals surface area contributed by atoms with E-state index in [-0.39, 0.29) is 11.4 Å². The van der Waals surface area contributed by atoms with Crippen LogP contribution in [-0.2, 0) is 12.6 Å². The molecule has 3 nitrogen and oxygen atoms in total. The van der Waals surface area contributed by atoms with Crippen molar-refractivity contribution >= 4 is 5.82 Å². The van der Waals surface area contributed by atoms with Crippen molar-refractivity contribution < 1.29 is 17.6 Å². The first-order valence-electron chi connectivity index (χ1n) is 6.27. The van der Waals surface area contributed by atoms with E-state index in [0.717, 1.165) is 12.1 Å². The van der Waals surface area contributed by atoms with Crippen LogP contribution >= 0.6 is 0 Å². The molecule has 0 unspecified atom stereocenters. The van der Waals surface area contributed by atoms with E-state index >= 15 is 0 Å². The second-order valence-corrected chi connectivity index (χ2v) is 4.40. The van der Waals surface area contributed by atoms with Crippen LogP contribution in [0.3, 0.4) is 0 Å². The molecule has 0 saturated heterocycles. The highest BCUT2D eigenvalue weighted by Gasteiger charge is 2.31.